The second-order valence-corrected chi connectivity index (χ2v) is 14.8. The second kappa shape index (κ2) is 9.01. The molecule has 0 radical (unpaired) electrons. The number of hydrogen-bond acceptors (Lipinski definition) is 2. The van der Waals surface area contributed by atoms with Crippen molar-refractivity contribution in [2.75, 3.05) is 13.2 Å². The van der Waals surface area contributed by atoms with E-state index in [4.69, 9.17) is 8.85 Å². The van der Waals surface area contributed by atoms with Crippen LogP contribution in [0.5, 0.6) is 0 Å². The van der Waals surface area contributed by atoms with Crippen molar-refractivity contribution < 1.29 is 8.85 Å². The lowest BCUT2D eigenvalue weighted by Crippen LogP contribution is -2.48. The zero-order valence-electron chi connectivity index (χ0n) is 15.4. The molecule has 1 aromatic rings. The molecule has 4 heteroatoms. The van der Waals surface area contributed by atoms with E-state index < -0.39 is 16.6 Å². The average Bonchev–Trinajstić information content (AvgIpc) is 2.48. The van der Waals surface area contributed by atoms with Gasteiger partial charge in [0.05, 0.1) is 0 Å². The molecule has 0 aliphatic carbocycles. The van der Waals surface area contributed by atoms with E-state index in [-0.39, 0.29) is 0 Å². The maximum Gasteiger partial charge on any atom is 0.218 e. The minimum Gasteiger partial charge on any atom is -0.413 e. The van der Waals surface area contributed by atoms with Crippen molar-refractivity contribution >= 4 is 27.0 Å². The van der Waals surface area contributed by atoms with E-state index in [2.05, 4.69) is 64.3 Å². The molecule has 0 saturated carbocycles. The third-order valence-corrected chi connectivity index (χ3v) is 9.50. The Labute approximate surface area is 139 Å². The number of hydrogen-bond donors (Lipinski definition) is 0. The molecule has 0 aliphatic rings. The van der Waals surface area contributed by atoms with E-state index in [0.717, 1.165) is 26.1 Å². The molecule has 0 N–H and O–H groups in total. The van der Waals surface area contributed by atoms with Crippen LogP contribution >= 0.6 is 0 Å². The van der Waals surface area contributed by atoms with Gasteiger partial charge in [-0.2, -0.15) is 0 Å². The van der Waals surface area contributed by atoms with Crippen LogP contribution in [0, 0.1) is 0 Å². The lowest BCUT2D eigenvalue weighted by Gasteiger charge is -2.26. The molecule has 0 saturated heterocycles. The van der Waals surface area contributed by atoms with Crippen LogP contribution in [0.3, 0.4) is 0 Å². The van der Waals surface area contributed by atoms with Gasteiger partial charge in [-0.1, -0.05) is 51.0 Å². The first-order chi connectivity index (χ1) is 10.3. The third kappa shape index (κ3) is 5.99. The molecule has 126 valence electrons. The number of unbranched alkanes of at least 4 members (excludes halogenated alkanes) is 2. The van der Waals surface area contributed by atoms with Crippen LogP contribution in [-0.4, -0.2) is 29.8 Å². The summed E-state index contributed by atoms with van der Waals surface area (Å²) < 4.78 is 12.4. The Balaban J connectivity index is 2.72. The van der Waals surface area contributed by atoms with E-state index in [1.807, 2.05) is 0 Å². The molecule has 0 fully saturated rings. The fourth-order valence-corrected chi connectivity index (χ4v) is 5.96. The van der Waals surface area contributed by atoms with Crippen molar-refractivity contribution in [1.82, 2.24) is 0 Å². The number of rotatable bonds is 10. The van der Waals surface area contributed by atoms with Gasteiger partial charge in [-0.25, -0.2) is 0 Å². The summed E-state index contributed by atoms with van der Waals surface area (Å²) >= 11 is 0. The van der Waals surface area contributed by atoms with Crippen LogP contribution < -0.4 is 10.4 Å². The zero-order valence-corrected chi connectivity index (χ0v) is 17.4. The zero-order chi connectivity index (χ0) is 16.6. The highest BCUT2D eigenvalue weighted by Gasteiger charge is 2.28. The topological polar surface area (TPSA) is 18.5 Å². The van der Waals surface area contributed by atoms with E-state index in [9.17, 15) is 0 Å². The van der Waals surface area contributed by atoms with Crippen molar-refractivity contribution in [3.63, 3.8) is 0 Å². The molecule has 0 aromatic heterocycles. The minimum atomic E-state index is -1.76. The molecule has 0 atom stereocenters. The summed E-state index contributed by atoms with van der Waals surface area (Å²) in [6.45, 7) is 15.3. The third-order valence-electron chi connectivity index (χ3n) is 4.20. The van der Waals surface area contributed by atoms with E-state index in [1.165, 1.54) is 23.2 Å². The number of benzene rings is 1. The Morgan fingerprint density at radius 3 is 1.27 bits per heavy atom. The Bertz CT molecular complexity index is 386. The maximum absolute atomic E-state index is 6.18. The summed E-state index contributed by atoms with van der Waals surface area (Å²) in [5.41, 5.74) is 0. The monoisotopic (exact) mass is 338 g/mol. The standard InChI is InChI=1S/C18H34O2Si2/c1-7-9-15-19-21(3,4)17-11-13-18(14-12-17)22(5,6)20-16-10-8-2/h11-14H,7-10,15-16H2,1-6H3. The van der Waals surface area contributed by atoms with Crippen LogP contribution in [0.25, 0.3) is 0 Å². The Kier molecular flexibility index (Phi) is 8.04. The predicted molar refractivity (Wildman–Crippen MR) is 102 cm³/mol. The van der Waals surface area contributed by atoms with Gasteiger partial charge in [0.15, 0.2) is 0 Å². The molecule has 1 rings (SSSR count). The van der Waals surface area contributed by atoms with Gasteiger partial charge < -0.3 is 8.85 Å². The van der Waals surface area contributed by atoms with Gasteiger partial charge in [0.1, 0.15) is 0 Å². The summed E-state index contributed by atoms with van der Waals surface area (Å²) in [7, 11) is -3.51. The normalized spacial score (nSPS) is 12.6. The largest absolute Gasteiger partial charge is 0.413 e. The smallest absolute Gasteiger partial charge is 0.218 e. The summed E-state index contributed by atoms with van der Waals surface area (Å²) in [6, 6.07) is 9.08. The molecule has 0 amide bonds. The van der Waals surface area contributed by atoms with Crippen molar-refractivity contribution in [3.05, 3.63) is 24.3 Å². The second-order valence-electron chi connectivity index (χ2n) is 7.00. The molecule has 0 bridgehead atoms. The van der Waals surface area contributed by atoms with E-state index in [0.29, 0.717) is 0 Å². The highest BCUT2D eigenvalue weighted by Crippen LogP contribution is 2.09. The van der Waals surface area contributed by atoms with Crippen LogP contribution in [0.4, 0.5) is 0 Å². The maximum atomic E-state index is 6.18. The molecule has 0 unspecified atom stereocenters. The SMILES string of the molecule is CCCCO[Si](C)(C)c1ccc([Si](C)(C)OCCCC)cc1. The highest BCUT2D eigenvalue weighted by molar-refractivity contribution is 6.86. The van der Waals surface area contributed by atoms with Crippen LogP contribution in [0.1, 0.15) is 39.5 Å². The minimum absolute atomic E-state index is 0.887. The molecule has 2 nitrogen and oxygen atoms in total. The molecule has 0 spiro atoms. The first-order valence-electron chi connectivity index (χ1n) is 8.72. The molecule has 1 aromatic carbocycles. The first kappa shape index (κ1) is 19.6. The van der Waals surface area contributed by atoms with Gasteiger partial charge in [0.2, 0.25) is 16.6 Å². The van der Waals surface area contributed by atoms with Gasteiger partial charge in [0.25, 0.3) is 0 Å². The average molecular weight is 339 g/mol. The molecule has 0 aliphatic heterocycles. The fourth-order valence-electron chi connectivity index (χ4n) is 2.38. The Hall–Kier alpha value is -0.426. The Morgan fingerprint density at radius 1 is 0.682 bits per heavy atom. The highest BCUT2D eigenvalue weighted by atomic mass is 28.4. The quantitative estimate of drug-likeness (QED) is 0.471. The van der Waals surface area contributed by atoms with Gasteiger partial charge >= 0.3 is 0 Å². The van der Waals surface area contributed by atoms with E-state index in [1.54, 1.807) is 0 Å². The Morgan fingerprint density at radius 2 is 1.00 bits per heavy atom. The summed E-state index contributed by atoms with van der Waals surface area (Å²) in [5, 5.41) is 2.76. The first-order valence-corrected chi connectivity index (χ1v) is 14.5. The van der Waals surface area contributed by atoms with Crippen LogP contribution in [0.2, 0.25) is 26.2 Å². The van der Waals surface area contributed by atoms with Gasteiger partial charge in [-0.05, 0) is 49.4 Å². The summed E-state index contributed by atoms with van der Waals surface area (Å²) in [6.07, 6.45) is 4.69. The summed E-state index contributed by atoms with van der Waals surface area (Å²) in [5.74, 6) is 0. The summed E-state index contributed by atoms with van der Waals surface area (Å²) in [4.78, 5) is 0. The van der Waals surface area contributed by atoms with Crippen molar-refractivity contribution in [1.29, 1.82) is 0 Å². The van der Waals surface area contributed by atoms with Gasteiger partial charge in [-0.3, -0.25) is 0 Å². The van der Waals surface area contributed by atoms with E-state index >= 15 is 0 Å². The molecular formula is C18H34O2Si2. The predicted octanol–water partition coefficient (Wildman–Crippen LogP) is 4.14. The lowest BCUT2D eigenvalue weighted by molar-refractivity contribution is 0.306. The molecule has 0 heterocycles. The van der Waals surface area contributed by atoms with Crippen molar-refractivity contribution in [3.8, 4) is 0 Å². The van der Waals surface area contributed by atoms with Crippen LogP contribution in [0.15, 0.2) is 24.3 Å². The van der Waals surface area contributed by atoms with Gasteiger partial charge in [0, 0.05) is 13.2 Å². The molecule has 22 heavy (non-hydrogen) atoms. The van der Waals surface area contributed by atoms with Gasteiger partial charge in [-0.15, -0.1) is 0 Å². The van der Waals surface area contributed by atoms with Crippen molar-refractivity contribution in [2.45, 2.75) is 65.7 Å². The fraction of sp³-hybridized carbons (Fsp3) is 0.667. The van der Waals surface area contributed by atoms with Crippen molar-refractivity contribution in [2.24, 2.45) is 0 Å². The lowest BCUT2D eigenvalue weighted by atomic mass is 10.4. The molecular weight excluding hydrogens is 304 g/mol. The van der Waals surface area contributed by atoms with Crippen LogP contribution in [-0.2, 0) is 8.85 Å².